The van der Waals surface area contributed by atoms with Crippen LogP contribution >= 0.6 is 0 Å². The van der Waals surface area contributed by atoms with E-state index in [0.29, 0.717) is 12.6 Å². The van der Waals surface area contributed by atoms with Crippen LogP contribution in [0.15, 0.2) is 24.3 Å². The predicted octanol–water partition coefficient (Wildman–Crippen LogP) is 2.62. The summed E-state index contributed by atoms with van der Waals surface area (Å²) in [7, 11) is 1.97. The van der Waals surface area contributed by atoms with Crippen molar-refractivity contribution in [2.24, 2.45) is 5.92 Å². The minimum absolute atomic E-state index is 0.170. The first-order chi connectivity index (χ1) is 8.85. The Bertz CT molecular complexity index is 371. The van der Waals surface area contributed by atoms with Crippen LogP contribution in [0.1, 0.15) is 33.3 Å². The van der Waals surface area contributed by atoms with E-state index in [2.05, 4.69) is 24.4 Å². The standard InChI is InChI=1S/C16H27NO2/c1-12(2)16(4,18)11-19-15-8-6-14(7-9-15)10-13(3)17-5/h6-9,12-13,17-18H,10-11H2,1-5H3. The maximum absolute atomic E-state index is 10.1. The molecule has 1 aromatic carbocycles. The monoisotopic (exact) mass is 265 g/mol. The third-order valence-electron chi connectivity index (χ3n) is 3.73. The van der Waals surface area contributed by atoms with Crippen LogP contribution in [0.4, 0.5) is 0 Å². The SMILES string of the molecule is CNC(C)Cc1ccc(OCC(C)(O)C(C)C)cc1. The number of aliphatic hydroxyl groups is 1. The Morgan fingerprint density at radius 1 is 1.21 bits per heavy atom. The number of nitrogens with one attached hydrogen (secondary N) is 1. The molecule has 0 spiro atoms. The summed E-state index contributed by atoms with van der Waals surface area (Å²) in [5.41, 5.74) is 0.490. The average Bonchev–Trinajstić information content (AvgIpc) is 2.37. The molecule has 2 unspecified atom stereocenters. The van der Waals surface area contributed by atoms with E-state index in [1.54, 1.807) is 6.92 Å². The molecule has 0 fully saturated rings. The van der Waals surface area contributed by atoms with Crippen molar-refractivity contribution < 1.29 is 9.84 Å². The lowest BCUT2D eigenvalue weighted by atomic mass is 9.94. The molecule has 2 atom stereocenters. The predicted molar refractivity (Wildman–Crippen MR) is 79.6 cm³/mol. The zero-order valence-electron chi connectivity index (χ0n) is 12.7. The summed E-state index contributed by atoms with van der Waals surface area (Å²) in [4.78, 5) is 0. The number of ether oxygens (including phenoxy) is 1. The fraction of sp³-hybridized carbons (Fsp3) is 0.625. The average molecular weight is 265 g/mol. The van der Waals surface area contributed by atoms with E-state index in [-0.39, 0.29) is 5.92 Å². The molecule has 0 bridgehead atoms. The molecule has 19 heavy (non-hydrogen) atoms. The van der Waals surface area contributed by atoms with Crippen molar-refractivity contribution in [3.05, 3.63) is 29.8 Å². The van der Waals surface area contributed by atoms with E-state index in [1.807, 2.05) is 33.0 Å². The zero-order valence-corrected chi connectivity index (χ0v) is 12.7. The lowest BCUT2D eigenvalue weighted by Gasteiger charge is -2.27. The molecule has 0 aromatic heterocycles. The summed E-state index contributed by atoms with van der Waals surface area (Å²) >= 11 is 0. The molecule has 0 aliphatic rings. The molecule has 0 heterocycles. The van der Waals surface area contributed by atoms with E-state index in [0.717, 1.165) is 12.2 Å². The first-order valence-corrected chi connectivity index (χ1v) is 6.96. The van der Waals surface area contributed by atoms with Crippen LogP contribution in [0.5, 0.6) is 5.75 Å². The van der Waals surface area contributed by atoms with Gasteiger partial charge in [0.05, 0.1) is 5.60 Å². The maximum Gasteiger partial charge on any atom is 0.119 e. The van der Waals surface area contributed by atoms with Crippen molar-refractivity contribution in [3.8, 4) is 5.75 Å². The molecule has 0 aliphatic carbocycles. The number of rotatable bonds is 7. The number of hydrogen-bond donors (Lipinski definition) is 2. The Kier molecular flexibility index (Phi) is 5.83. The zero-order chi connectivity index (χ0) is 14.5. The van der Waals surface area contributed by atoms with Crippen molar-refractivity contribution in [2.45, 2.75) is 45.8 Å². The van der Waals surface area contributed by atoms with Gasteiger partial charge < -0.3 is 15.2 Å². The normalized spacial score (nSPS) is 16.2. The van der Waals surface area contributed by atoms with E-state index < -0.39 is 5.60 Å². The van der Waals surface area contributed by atoms with Crippen LogP contribution in [0.25, 0.3) is 0 Å². The smallest absolute Gasteiger partial charge is 0.119 e. The number of likely N-dealkylation sites (N-methyl/N-ethyl adjacent to an activating group) is 1. The molecule has 3 nitrogen and oxygen atoms in total. The Morgan fingerprint density at radius 2 is 1.79 bits per heavy atom. The van der Waals surface area contributed by atoms with Gasteiger partial charge >= 0.3 is 0 Å². The Hall–Kier alpha value is -1.06. The van der Waals surface area contributed by atoms with Gasteiger partial charge in [0.2, 0.25) is 0 Å². The van der Waals surface area contributed by atoms with Gasteiger partial charge in [0, 0.05) is 6.04 Å². The Balaban J connectivity index is 2.53. The van der Waals surface area contributed by atoms with Gasteiger partial charge in [-0.2, -0.15) is 0 Å². The van der Waals surface area contributed by atoms with Crippen molar-refractivity contribution in [1.29, 1.82) is 0 Å². The summed E-state index contributed by atoms with van der Waals surface area (Å²) in [5, 5.41) is 13.3. The highest BCUT2D eigenvalue weighted by molar-refractivity contribution is 5.27. The van der Waals surface area contributed by atoms with Crippen LogP contribution < -0.4 is 10.1 Å². The van der Waals surface area contributed by atoms with Crippen LogP contribution in [0.3, 0.4) is 0 Å². The molecule has 0 radical (unpaired) electrons. The van der Waals surface area contributed by atoms with Crippen molar-refractivity contribution in [1.82, 2.24) is 5.32 Å². The summed E-state index contributed by atoms with van der Waals surface area (Å²) < 4.78 is 5.65. The Morgan fingerprint density at radius 3 is 2.26 bits per heavy atom. The largest absolute Gasteiger partial charge is 0.491 e. The molecule has 0 aliphatic heterocycles. The minimum atomic E-state index is -0.792. The van der Waals surface area contributed by atoms with Gasteiger partial charge in [-0.3, -0.25) is 0 Å². The van der Waals surface area contributed by atoms with Crippen LogP contribution in [-0.2, 0) is 6.42 Å². The van der Waals surface area contributed by atoms with Gasteiger partial charge in [-0.1, -0.05) is 26.0 Å². The molecule has 3 heteroatoms. The minimum Gasteiger partial charge on any atom is -0.491 e. The van der Waals surface area contributed by atoms with Gasteiger partial charge in [0.1, 0.15) is 12.4 Å². The summed E-state index contributed by atoms with van der Waals surface area (Å²) in [6, 6.07) is 8.55. The fourth-order valence-electron chi connectivity index (χ4n) is 1.57. The van der Waals surface area contributed by atoms with Gasteiger partial charge in [-0.15, -0.1) is 0 Å². The van der Waals surface area contributed by atoms with Crippen LogP contribution in [-0.4, -0.2) is 30.4 Å². The molecule has 0 amide bonds. The van der Waals surface area contributed by atoms with Gasteiger partial charge in [-0.25, -0.2) is 0 Å². The summed E-state index contributed by atoms with van der Waals surface area (Å²) in [5.74, 6) is 0.977. The van der Waals surface area contributed by atoms with Gasteiger partial charge in [0.15, 0.2) is 0 Å². The highest BCUT2D eigenvalue weighted by Crippen LogP contribution is 2.19. The molecule has 0 saturated carbocycles. The van der Waals surface area contributed by atoms with E-state index >= 15 is 0 Å². The van der Waals surface area contributed by atoms with Crippen LogP contribution in [0.2, 0.25) is 0 Å². The lowest BCUT2D eigenvalue weighted by molar-refractivity contribution is -0.0266. The second-order valence-corrected chi connectivity index (χ2v) is 5.84. The highest BCUT2D eigenvalue weighted by Gasteiger charge is 2.25. The summed E-state index contributed by atoms with van der Waals surface area (Å²) in [6.45, 7) is 8.26. The topological polar surface area (TPSA) is 41.5 Å². The van der Waals surface area contributed by atoms with E-state index in [4.69, 9.17) is 4.74 Å². The second-order valence-electron chi connectivity index (χ2n) is 5.84. The number of benzene rings is 1. The third kappa shape index (κ3) is 5.21. The highest BCUT2D eigenvalue weighted by atomic mass is 16.5. The third-order valence-corrected chi connectivity index (χ3v) is 3.73. The van der Waals surface area contributed by atoms with Crippen molar-refractivity contribution >= 4 is 0 Å². The molecule has 1 aromatic rings. The van der Waals surface area contributed by atoms with Gasteiger partial charge in [0.25, 0.3) is 0 Å². The second kappa shape index (κ2) is 6.92. The maximum atomic E-state index is 10.1. The van der Waals surface area contributed by atoms with Crippen molar-refractivity contribution in [3.63, 3.8) is 0 Å². The van der Waals surface area contributed by atoms with Crippen LogP contribution in [0, 0.1) is 5.92 Å². The fourth-order valence-corrected chi connectivity index (χ4v) is 1.57. The van der Waals surface area contributed by atoms with E-state index in [1.165, 1.54) is 5.56 Å². The summed E-state index contributed by atoms with van der Waals surface area (Å²) in [6.07, 6.45) is 1.00. The molecule has 108 valence electrons. The lowest BCUT2D eigenvalue weighted by Crippen LogP contribution is -2.37. The Labute approximate surface area is 117 Å². The molecule has 1 rings (SSSR count). The molecule has 2 N–H and O–H groups in total. The quantitative estimate of drug-likeness (QED) is 0.796. The molecular formula is C16H27NO2. The first kappa shape index (κ1) is 16.0. The molecular weight excluding hydrogens is 238 g/mol. The van der Waals surface area contributed by atoms with Gasteiger partial charge in [-0.05, 0) is 50.9 Å². The first-order valence-electron chi connectivity index (χ1n) is 6.96. The number of hydrogen-bond acceptors (Lipinski definition) is 3. The van der Waals surface area contributed by atoms with E-state index in [9.17, 15) is 5.11 Å². The molecule has 0 saturated heterocycles. The van der Waals surface area contributed by atoms with Crippen molar-refractivity contribution in [2.75, 3.05) is 13.7 Å².